The molecule has 0 aliphatic heterocycles. The molecule has 32 heavy (non-hydrogen) atoms. The van der Waals surface area contributed by atoms with Gasteiger partial charge in [-0.15, -0.1) is 0 Å². The molecule has 0 aromatic heterocycles. The molecular weight excluding hydrogens is 429 g/mol. The van der Waals surface area contributed by atoms with E-state index in [1.165, 1.54) is 11.1 Å². The predicted molar refractivity (Wildman–Crippen MR) is 128 cm³/mol. The molecule has 0 amide bonds. The van der Waals surface area contributed by atoms with Crippen LogP contribution in [0.3, 0.4) is 0 Å². The van der Waals surface area contributed by atoms with E-state index >= 15 is 0 Å². The van der Waals surface area contributed by atoms with Gasteiger partial charge in [0.2, 0.25) is 0 Å². The molecule has 7 nitrogen and oxygen atoms in total. The molecule has 0 heterocycles. The second-order valence-corrected chi connectivity index (χ2v) is 9.68. The van der Waals surface area contributed by atoms with Gasteiger partial charge in [-0.05, 0) is 80.6 Å². The molecule has 0 spiro atoms. The molecule has 0 aliphatic rings. The van der Waals surface area contributed by atoms with Gasteiger partial charge >= 0.3 is 7.60 Å². The Hall–Kier alpha value is -2.05. The normalized spacial score (nSPS) is 11.5. The third-order valence-electron chi connectivity index (χ3n) is 4.93. The van der Waals surface area contributed by atoms with Crippen molar-refractivity contribution in [2.24, 2.45) is 0 Å². The second-order valence-electron chi connectivity index (χ2n) is 7.68. The number of rotatable bonds is 13. The summed E-state index contributed by atoms with van der Waals surface area (Å²) in [4.78, 5) is 2.03. The lowest BCUT2D eigenvalue weighted by atomic mass is 9.95. The van der Waals surface area contributed by atoms with Crippen molar-refractivity contribution >= 4 is 13.3 Å². The lowest BCUT2D eigenvalue weighted by Crippen LogP contribution is -2.12. The Balaban J connectivity index is 2.20. The van der Waals surface area contributed by atoms with E-state index in [2.05, 4.69) is 26.0 Å². The van der Waals surface area contributed by atoms with E-state index in [9.17, 15) is 4.57 Å². The van der Waals surface area contributed by atoms with Crippen molar-refractivity contribution in [3.63, 3.8) is 0 Å². The standard InChI is InChI=1S/C24H36NO6P/c1-8-30-32(26,31-9-2)17-29-21-12-18(3)22(19(4)13-21)14-20-10-11-24(28-16-27-7)23(15-20)25(5)6/h10-13,15H,8-9,14,16-17H2,1-7H3. The number of anilines is 1. The van der Waals surface area contributed by atoms with Crippen LogP contribution in [-0.4, -0.2) is 47.6 Å². The van der Waals surface area contributed by atoms with Gasteiger partial charge in [0.25, 0.3) is 0 Å². The Kier molecular flexibility index (Phi) is 10.0. The van der Waals surface area contributed by atoms with Crippen LogP contribution in [0.1, 0.15) is 36.1 Å². The predicted octanol–water partition coefficient (Wildman–Crippen LogP) is 5.55. The van der Waals surface area contributed by atoms with E-state index in [4.69, 9.17) is 23.3 Å². The van der Waals surface area contributed by atoms with Crippen LogP contribution in [0.25, 0.3) is 0 Å². The SMILES string of the molecule is CCOP(=O)(COc1cc(C)c(Cc2ccc(OCOC)c(N(C)C)c2)c(C)c1)OCC. The third kappa shape index (κ3) is 7.24. The zero-order valence-electron chi connectivity index (χ0n) is 20.3. The van der Waals surface area contributed by atoms with Gasteiger partial charge in [0.1, 0.15) is 11.5 Å². The van der Waals surface area contributed by atoms with E-state index in [1.807, 2.05) is 37.2 Å². The highest BCUT2D eigenvalue weighted by molar-refractivity contribution is 7.53. The van der Waals surface area contributed by atoms with Crippen LogP contribution in [0.15, 0.2) is 30.3 Å². The molecule has 0 radical (unpaired) electrons. The van der Waals surface area contributed by atoms with Crippen molar-refractivity contribution < 1.29 is 27.8 Å². The maximum Gasteiger partial charge on any atom is 0.367 e. The Labute approximate surface area is 192 Å². The van der Waals surface area contributed by atoms with E-state index in [1.54, 1.807) is 21.0 Å². The van der Waals surface area contributed by atoms with Gasteiger partial charge in [-0.2, -0.15) is 0 Å². The molecule has 0 aliphatic carbocycles. The number of methoxy groups -OCH3 is 1. The highest BCUT2D eigenvalue weighted by atomic mass is 31.2. The minimum Gasteiger partial charge on any atom is -0.481 e. The van der Waals surface area contributed by atoms with Crippen molar-refractivity contribution in [1.82, 2.24) is 0 Å². The number of aryl methyl sites for hydroxylation is 2. The van der Waals surface area contributed by atoms with Gasteiger partial charge in [-0.25, -0.2) is 0 Å². The Morgan fingerprint density at radius 2 is 1.56 bits per heavy atom. The molecule has 0 saturated heterocycles. The molecule has 0 N–H and O–H groups in total. The summed E-state index contributed by atoms with van der Waals surface area (Å²) in [6.45, 7) is 8.51. The van der Waals surface area contributed by atoms with E-state index in [0.717, 1.165) is 29.0 Å². The van der Waals surface area contributed by atoms with Crippen LogP contribution in [-0.2, 0) is 24.8 Å². The molecular formula is C24H36NO6P. The number of hydrogen-bond acceptors (Lipinski definition) is 7. The Bertz CT molecular complexity index is 898. The smallest absolute Gasteiger partial charge is 0.367 e. The van der Waals surface area contributed by atoms with Crippen LogP contribution in [0, 0.1) is 13.8 Å². The summed E-state index contributed by atoms with van der Waals surface area (Å²) in [6, 6.07) is 10.1. The first-order valence-corrected chi connectivity index (χ1v) is 12.5. The molecule has 2 rings (SSSR count). The lowest BCUT2D eigenvalue weighted by Gasteiger charge is -2.20. The average Bonchev–Trinajstić information content (AvgIpc) is 2.74. The molecule has 0 atom stereocenters. The van der Waals surface area contributed by atoms with Gasteiger partial charge < -0.3 is 28.2 Å². The fourth-order valence-corrected chi connectivity index (χ4v) is 4.76. The quantitative estimate of drug-likeness (QED) is 0.284. The number of benzene rings is 2. The van der Waals surface area contributed by atoms with Crippen LogP contribution in [0.4, 0.5) is 5.69 Å². The maximum absolute atomic E-state index is 12.7. The highest BCUT2D eigenvalue weighted by Crippen LogP contribution is 2.48. The summed E-state index contributed by atoms with van der Waals surface area (Å²) >= 11 is 0. The van der Waals surface area contributed by atoms with Crippen molar-refractivity contribution in [3.05, 3.63) is 52.6 Å². The molecule has 2 aromatic carbocycles. The van der Waals surface area contributed by atoms with Gasteiger partial charge in [0, 0.05) is 21.2 Å². The number of hydrogen-bond donors (Lipinski definition) is 0. The van der Waals surface area contributed by atoms with E-state index in [0.29, 0.717) is 19.0 Å². The number of ether oxygens (including phenoxy) is 3. The molecule has 0 fully saturated rings. The van der Waals surface area contributed by atoms with E-state index < -0.39 is 7.60 Å². The van der Waals surface area contributed by atoms with Crippen molar-refractivity contribution in [2.75, 3.05) is 52.5 Å². The fraction of sp³-hybridized carbons (Fsp3) is 0.500. The fourth-order valence-electron chi connectivity index (χ4n) is 3.45. The van der Waals surface area contributed by atoms with Crippen LogP contribution < -0.4 is 14.4 Å². The lowest BCUT2D eigenvalue weighted by molar-refractivity contribution is 0.0515. The summed E-state index contributed by atoms with van der Waals surface area (Å²) in [5.74, 6) is 1.44. The first kappa shape index (κ1) is 26.2. The minimum atomic E-state index is -3.26. The van der Waals surface area contributed by atoms with Crippen LogP contribution in [0.5, 0.6) is 11.5 Å². The van der Waals surface area contributed by atoms with Crippen LogP contribution >= 0.6 is 7.60 Å². The summed E-state index contributed by atoms with van der Waals surface area (Å²) in [7, 11) is 2.33. The topological polar surface area (TPSA) is 66.5 Å². The molecule has 2 aromatic rings. The van der Waals surface area contributed by atoms with Gasteiger partial charge in [-0.1, -0.05) is 6.07 Å². The second kappa shape index (κ2) is 12.3. The summed E-state index contributed by atoms with van der Waals surface area (Å²) in [5.41, 5.74) is 5.61. The average molecular weight is 466 g/mol. The summed E-state index contributed by atoms with van der Waals surface area (Å²) in [5, 5.41) is 0. The van der Waals surface area contributed by atoms with Crippen molar-refractivity contribution in [1.29, 1.82) is 0 Å². The van der Waals surface area contributed by atoms with Crippen LogP contribution in [0.2, 0.25) is 0 Å². The maximum atomic E-state index is 12.7. The monoisotopic (exact) mass is 465 g/mol. The molecule has 0 saturated carbocycles. The Morgan fingerprint density at radius 3 is 2.09 bits per heavy atom. The summed E-state index contributed by atoms with van der Waals surface area (Å²) < 4.78 is 39.8. The van der Waals surface area contributed by atoms with E-state index in [-0.39, 0.29) is 13.1 Å². The Morgan fingerprint density at radius 1 is 0.938 bits per heavy atom. The third-order valence-corrected chi connectivity index (χ3v) is 6.68. The molecule has 178 valence electrons. The zero-order valence-corrected chi connectivity index (χ0v) is 21.2. The highest BCUT2D eigenvalue weighted by Gasteiger charge is 2.25. The number of nitrogens with zero attached hydrogens (tertiary/aromatic N) is 1. The minimum absolute atomic E-state index is 0.109. The zero-order chi connectivity index (χ0) is 23.7. The first-order valence-electron chi connectivity index (χ1n) is 10.8. The van der Waals surface area contributed by atoms with Gasteiger partial charge in [0.05, 0.1) is 18.9 Å². The molecule has 0 unspecified atom stereocenters. The first-order chi connectivity index (χ1) is 15.2. The molecule has 8 heteroatoms. The van der Waals surface area contributed by atoms with Gasteiger partial charge in [-0.3, -0.25) is 4.57 Å². The molecule has 0 bridgehead atoms. The van der Waals surface area contributed by atoms with Gasteiger partial charge in [0.15, 0.2) is 13.1 Å². The van der Waals surface area contributed by atoms with Crippen molar-refractivity contribution in [2.45, 2.75) is 34.1 Å². The largest absolute Gasteiger partial charge is 0.481 e. The van der Waals surface area contributed by atoms with Crippen molar-refractivity contribution in [3.8, 4) is 11.5 Å². The summed E-state index contributed by atoms with van der Waals surface area (Å²) in [6.07, 6.45) is 0.668.